The molecule has 0 atom stereocenters. The lowest BCUT2D eigenvalue weighted by Gasteiger charge is -2.22. The molecule has 1 aromatic rings. The minimum absolute atomic E-state index is 0. The van der Waals surface area contributed by atoms with E-state index in [9.17, 15) is 13.2 Å². The van der Waals surface area contributed by atoms with Gasteiger partial charge in [-0.2, -0.15) is 13.2 Å². The smallest absolute Gasteiger partial charge is 0.417 e. The molecule has 0 amide bonds. The Morgan fingerprint density at radius 2 is 1.77 bits per heavy atom. The van der Waals surface area contributed by atoms with Gasteiger partial charge >= 0.3 is 6.18 Å². The van der Waals surface area contributed by atoms with Crippen LogP contribution in [0.2, 0.25) is 0 Å². The molecule has 5 nitrogen and oxygen atoms in total. The molecule has 1 aromatic heterocycles. The molecule has 0 saturated carbocycles. The molecular formula is C13H20F3IN4O. The van der Waals surface area contributed by atoms with E-state index < -0.39 is 11.7 Å². The zero-order valence-corrected chi connectivity index (χ0v) is 15.2. The van der Waals surface area contributed by atoms with E-state index in [0.29, 0.717) is 6.54 Å². The lowest BCUT2D eigenvalue weighted by molar-refractivity contribution is -0.137. The molecule has 0 spiro atoms. The Morgan fingerprint density at radius 3 is 2.18 bits per heavy atom. The Hall–Kier alpha value is -1.26. The summed E-state index contributed by atoms with van der Waals surface area (Å²) < 4.78 is 42.3. The van der Waals surface area contributed by atoms with Gasteiger partial charge in [0.25, 0.3) is 0 Å². The first-order valence-corrected chi connectivity index (χ1v) is 6.27. The average Bonchev–Trinajstić information content (AvgIpc) is 2.37. The third kappa shape index (κ3) is 6.67. The second kappa shape index (κ2) is 9.01. The maximum Gasteiger partial charge on any atom is 0.417 e. The SMILES string of the molecule is CN(C)C(=NCCOc1ccc(C(F)(F)F)cn1)N(C)C.I. The van der Waals surface area contributed by atoms with Crippen molar-refractivity contribution in [3.05, 3.63) is 23.9 Å². The monoisotopic (exact) mass is 432 g/mol. The number of aliphatic imine (C=N–C) groups is 1. The van der Waals surface area contributed by atoms with E-state index in [1.54, 1.807) is 0 Å². The number of hydrogen-bond donors (Lipinski definition) is 0. The summed E-state index contributed by atoms with van der Waals surface area (Å²) in [6.45, 7) is 0.623. The molecular weight excluding hydrogens is 412 g/mol. The number of hydrogen-bond acceptors (Lipinski definition) is 3. The van der Waals surface area contributed by atoms with Gasteiger partial charge in [-0.05, 0) is 6.07 Å². The lowest BCUT2D eigenvalue weighted by atomic mass is 10.3. The van der Waals surface area contributed by atoms with Crippen molar-refractivity contribution in [3.63, 3.8) is 0 Å². The molecule has 0 fully saturated rings. The van der Waals surface area contributed by atoms with Gasteiger partial charge in [-0.1, -0.05) is 0 Å². The summed E-state index contributed by atoms with van der Waals surface area (Å²) in [5.41, 5.74) is -0.796. The van der Waals surface area contributed by atoms with Gasteiger partial charge in [0.1, 0.15) is 6.61 Å². The highest BCUT2D eigenvalue weighted by Crippen LogP contribution is 2.29. The highest BCUT2D eigenvalue weighted by molar-refractivity contribution is 14.0. The van der Waals surface area contributed by atoms with Crippen LogP contribution >= 0.6 is 24.0 Å². The first-order valence-electron chi connectivity index (χ1n) is 6.27. The number of aromatic nitrogens is 1. The maximum atomic E-state index is 12.4. The summed E-state index contributed by atoms with van der Waals surface area (Å²) >= 11 is 0. The Bertz CT molecular complexity index is 465. The summed E-state index contributed by atoms with van der Waals surface area (Å²) in [5.74, 6) is 0.924. The lowest BCUT2D eigenvalue weighted by Crippen LogP contribution is -2.35. The summed E-state index contributed by atoms with van der Waals surface area (Å²) in [6, 6.07) is 2.14. The van der Waals surface area contributed by atoms with Crippen LogP contribution in [0, 0.1) is 0 Å². The summed E-state index contributed by atoms with van der Waals surface area (Å²) in [5, 5.41) is 0. The van der Waals surface area contributed by atoms with Crippen molar-refractivity contribution in [3.8, 4) is 5.88 Å². The van der Waals surface area contributed by atoms with Gasteiger partial charge in [0.05, 0.1) is 12.1 Å². The van der Waals surface area contributed by atoms with Crippen LogP contribution in [0.3, 0.4) is 0 Å². The fourth-order valence-corrected chi connectivity index (χ4v) is 1.61. The second-order valence-electron chi connectivity index (χ2n) is 4.70. The van der Waals surface area contributed by atoms with E-state index in [0.717, 1.165) is 18.2 Å². The minimum Gasteiger partial charge on any atom is -0.476 e. The number of halogens is 4. The van der Waals surface area contributed by atoms with Crippen LogP contribution in [-0.2, 0) is 6.18 Å². The van der Waals surface area contributed by atoms with Gasteiger partial charge in [-0.15, -0.1) is 24.0 Å². The minimum atomic E-state index is -4.39. The van der Waals surface area contributed by atoms with Crippen LogP contribution in [0.1, 0.15) is 5.56 Å². The largest absolute Gasteiger partial charge is 0.476 e. The number of guanidine groups is 1. The van der Waals surface area contributed by atoms with Gasteiger partial charge in [-0.25, -0.2) is 9.98 Å². The molecule has 0 aliphatic heterocycles. The summed E-state index contributed by atoms with van der Waals surface area (Å²) in [7, 11) is 7.49. The van der Waals surface area contributed by atoms with Crippen molar-refractivity contribution in [1.29, 1.82) is 0 Å². The van der Waals surface area contributed by atoms with E-state index >= 15 is 0 Å². The Morgan fingerprint density at radius 1 is 1.18 bits per heavy atom. The standard InChI is InChI=1S/C13H19F3N4O.HI/c1-19(2)12(20(3)4)17-7-8-21-11-6-5-10(9-18-11)13(14,15)16;/h5-6,9H,7-8H2,1-4H3;1H. The summed E-state index contributed by atoms with van der Waals surface area (Å²) in [4.78, 5) is 11.7. The molecule has 0 radical (unpaired) electrons. The molecule has 1 rings (SSSR count). The second-order valence-corrected chi connectivity index (χ2v) is 4.70. The average molecular weight is 432 g/mol. The molecule has 126 valence electrons. The molecule has 0 bridgehead atoms. The maximum absolute atomic E-state index is 12.4. The van der Waals surface area contributed by atoms with Gasteiger partial charge in [0.2, 0.25) is 5.88 Å². The van der Waals surface area contributed by atoms with Crippen molar-refractivity contribution in [2.75, 3.05) is 41.3 Å². The highest BCUT2D eigenvalue weighted by Gasteiger charge is 2.30. The molecule has 0 aliphatic carbocycles. The predicted molar refractivity (Wildman–Crippen MR) is 89.8 cm³/mol. The third-order valence-electron chi connectivity index (χ3n) is 2.46. The molecule has 0 saturated heterocycles. The quantitative estimate of drug-likeness (QED) is 0.318. The topological polar surface area (TPSA) is 41.0 Å². The predicted octanol–water partition coefficient (Wildman–Crippen LogP) is 2.58. The van der Waals surface area contributed by atoms with Gasteiger partial charge < -0.3 is 14.5 Å². The van der Waals surface area contributed by atoms with Crippen molar-refractivity contribution >= 4 is 29.9 Å². The van der Waals surface area contributed by atoms with Crippen molar-refractivity contribution < 1.29 is 17.9 Å². The normalized spacial score (nSPS) is 10.5. The molecule has 9 heteroatoms. The third-order valence-corrected chi connectivity index (χ3v) is 2.46. The molecule has 0 aromatic carbocycles. The van der Waals surface area contributed by atoms with Crippen LogP contribution in [0.5, 0.6) is 5.88 Å². The van der Waals surface area contributed by atoms with Crippen LogP contribution < -0.4 is 4.74 Å². The van der Waals surface area contributed by atoms with Gasteiger partial charge in [-0.3, -0.25) is 0 Å². The highest BCUT2D eigenvalue weighted by atomic mass is 127. The number of alkyl halides is 3. The molecule has 0 aliphatic rings. The van der Waals surface area contributed by atoms with Crippen molar-refractivity contribution in [1.82, 2.24) is 14.8 Å². The van der Waals surface area contributed by atoms with Crippen molar-refractivity contribution in [2.24, 2.45) is 4.99 Å². The van der Waals surface area contributed by atoms with E-state index in [1.807, 2.05) is 38.0 Å². The molecule has 0 unspecified atom stereocenters. The molecule has 22 heavy (non-hydrogen) atoms. The fraction of sp³-hybridized carbons (Fsp3) is 0.538. The fourth-order valence-electron chi connectivity index (χ4n) is 1.61. The first kappa shape index (κ1) is 20.7. The van der Waals surface area contributed by atoms with E-state index in [4.69, 9.17) is 4.74 Å². The van der Waals surface area contributed by atoms with E-state index in [2.05, 4.69) is 9.98 Å². The molecule has 0 N–H and O–H groups in total. The number of ether oxygens (including phenoxy) is 1. The van der Waals surface area contributed by atoms with Gasteiger partial charge in [0, 0.05) is 40.5 Å². The number of rotatable bonds is 4. The summed E-state index contributed by atoms with van der Waals surface area (Å²) in [6.07, 6.45) is -3.63. The Balaban J connectivity index is 0.00000441. The number of pyridine rings is 1. The first-order chi connectivity index (χ1) is 9.71. The Labute approximate surface area is 145 Å². The van der Waals surface area contributed by atoms with Crippen LogP contribution in [0.15, 0.2) is 23.3 Å². The number of nitrogens with zero attached hydrogens (tertiary/aromatic N) is 4. The van der Waals surface area contributed by atoms with Crippen LogP contribution in [0.25, 0.3) is 0 Å². The van der Waals surface area contributed by atoms with E-state index in [-0.39, 0.29) is 36.5 Å². The zero-order chi connectivity index (χ0) is 16.0. The van der Waals surface area contributed by atoms with Crippen LogP contribution in [0.4, 0.5) is 13.2 Å². The van der Waals surface area contributed by atoms with Gasteiger partial charge in [0.15, 0.2) is 5.96 Å². The Kier molecular flexibility index (Phi) is 8.49. The molecule has 1 heterocycles. The van der Waals surface area contributed by atoms with Crippen LogP contribution in [-0.4, -0.2) is 62.1 Å². The van der Waals surface area contributed by atoms with Crippen molar-refractivity contribution in [2.45, 2.75) is 6.18 Å². The zero-order valence-electron chi connectivity index (χ0n) is 12.9. The van der Waals surface area contributed by atoms with E-state index in [1.165, 1.54) is 6.07 Å².